The number of H-pyrrole nitrogens is 1. The van der Waals surface area contributed by atoms with E-state index in [1.54, 1.807) is 24.9 Å². The van der Waals surface area contributed by atoms with Gasteiger partial charge in [-0.2, -0.15) is 10.2 Å². The number of aliphatic hydroxyl groups excluding tert-OH is 2. The third kappa shape index (κ3) is 6.29. The van der Waals surface area contributed by atoms with Crippen molar-refractivity contribution in [2.24, 2.45) is 17.8 Å². The number of nitrogens with two attached hydrogens (primary N) is 1. The van der Waals surface area contributed by atoms with Gasteiger partial charge in [-0.15, -0.1) is 0 Å². The molecule has 4 rings (SSSR count). The number of likely N-dealkylation sites (N-methyl/N-ethyl adjacent to an activating group) is 1. The third-order valence-electron chi connectivity index (χ3n) is 6.43. The zero-order valence-corrected chi connectivity index (χ0v) is 23.2. The van der Waals surface area contributed by atoms with E-state index in [1.807, 2.05) is 32.1 Å². The maximum Gasteiger partial charge on any atom is 0.220 e. The van der Waals surface area contributed by atoms with E-state index >= 15 is 0 Å². The number of aryl methyl sites for hydroxylation is 1. The van der Waals surface area contributed by atoms with Crippen LogP contribution in [0.15, 0.2) is 34.8 Å². The minimum atomic E-state index is -0.616. The van der Waals surface area contributed by atoms with Crippen molar-refractivity contribution in [2.75, 3.05) is 32.8 Å². The molecule has 0 amide bonds. The number of fused-ring (bicyclic) bond motifs is 3. The van der Waals surface area contributed by atoms with Gasteiger partial charge in [0.15, 0.2) is 11.5 Å². The monoisotopic (exact) mass is 538 g/mol. The average molecular weight is 539 g/mol. The van der Waals surface area contributed by atoms with Gasteiger partial charge in [-0.25, -0.2) is 9.67 Å². The first-order chi connectivity index (χ1) is 18.7. The lowest BCUT2D eigenvalue weighted by molar-refractivity contribution is 0.149. The quantitative estimate of drug-likeness (QED) is 0.344. The van der Waals surface area contributed by atoms with Crippen LogP contribution in [0.1, 0.15) is 39.1 Å². The van der Waals surface area contributed by atoms with Crippen LogP contribution >= 0.6 is 0 Å². The molecule has 5 N–H and O–H groups in total. The molecule has 0 fully saturated rings. The van der Waals surface area contributed by atoms with Gasteiger partial charge in [-0.1, -0.05) is 6.92 Å². The second-order valence-electron chi connectivity index (χ2n) is 9.58. The van der Waals surface area contributed by atoms with Gasteiger partial charge in [0.25, 0.3) is 0 Å². The van der Waals surface area contributed by atoms with Crippen LogP contribution in [0.5, 0.6) is 5.88 Å². The number of aromatic nitrogens is 5. The molecule has 0 saturated heterocycles. The van der Waals surface area contributed by atoms with Crippen molar-refractivity contribution in [1.29, 1.82) is 0 Å². The Hall–Kier alpha value is -3.74. The summed E-state index contributed by atoms with van der Waals surface area (Å²) in [5.74, 6) is 0.792. The van der Waals surface area contributed by atoms with Crippen molar-refractivity contribution in [3.63, 3.8) is 0 Å². The lowest BCUT2D eigenvalue weighted by Gasteiger charge is -2.26. The van der Waals surface area contributed by atoms with E-state index in [1.165, 1.54) is 0 Å². The highest BCUT2D eigenvalue weighted by Crippen LogP contribution is 2.35. The number of nitrogens with zero attached hydrogens (tertiary/aromatic N) is 6. The highest BCUT2D eigenvalue weighted by Gasteiger charge is 2.24. The number of aromatic amines is 1. The summed E-state index contributed by atoms with van der Waals surface area (Å²) in [7, 11) is 1.79. The van der Waals surface area contributed by atoms with Crippen LogP contribution in [-0.2, 0) is 18.4 Å². The summed E-state index contributed by atoms with van der Waals surface area (Å²) in [5.41, 5.74) is 10.9. The summed E-state index contributed by atoms with van der Waals surface area (Å²) in [6.07, 6.45) is 4.58. The van der Waals surface area contributed by atoms with E-state index in [9.17, 15) is 10.2 Å². The fraction of sp³-hybridized carbons (Fsp3) is 0.481. The topological polar surface area (TPSA) is 160 Å². The molecule has 4 heterocycles. The second-order valence-corrected chi connectivity index (χ2v) is 9.58. The fourth-order valence-electron chi connectivity index (χ4n) is 4.57. The van der Waals surface area contributed by atoms with Crippen molar-refractivity contribution in [3.05, 3.63) is 41.2 Å². The molecule has 210 valence electrons. The van der Waals surface area contributed by atoms with Crippen molar-refractivity contribution in [3.8, 4) is 17.0 Å². The van der Waals surface area contributed by atoms with Gasteiger partial charge in [-0.05, 0) is 45.5 Å². The molecular weight excluding hydrogens is 500 g/mol. The van der Waals surface area contributed by atoms with Crippen molar-refractivity contribution in [2.45, 2.75) is 46.5 Å². The van der Waals surface area contributed by atoms with Crippen LogP contribution in [-0.4, -0.2) is 90.8 Å². The highest BCUT2D eigenvalue weighted by atomic mass is 16.5. The minimum Gasteiger partial charge on any atom is -0.479 e. The van der Waals surface area contributed by atoms with Crippen molar-refractivity contribution >= 4 is 22.8 Å². The fourth-order valence-corrected chi connectivity index (χ4v) is 4.57. The Labute approximate surface area is 227 Å². The van der Waals surface area contributed by atoms with Gasteiger partial charge >= 0.3 is 0 Å². The summed E-state index contributed by atoms with van der Waals surface area (Å²) < 4.78 is 13.8. The Kier molecular flexibility index (Phi) is 9.00. The number of nitrogens with one attached hydrogen (secondary N) is 1. The maximum atomic E-state index is 10.1. The number of ether oxygens (including phenoxy) is 2. The van der Waals surface area contributed by atoms with Crippen LogP contribution < -0.4 is 10.5 Å². The molecule has 2 atom stereocenters. The van der Waals surface area contributed by atoms with E-state index in [4.69, 9.17) is 20.2 Å². The third-order valence-corrected chi connectivity index (χ3v) is 6.43. The summed E-state index contributed by atoms with van der Waals surface area (Å²) in [6, 6.07) is 1.95. The number of hydrogen-bond donors (Lipinski definition) is 4. The number of pyridine rings is 1. The number of aliphatic hydroxyl groups is 2. The summed E-state index contributed by atoms with van der Waals surface area (Å²) in [4.78, 5) is 11.5. The van der Waals surface area contributed by atoms with Crippen molar-refractivity contribution < 1.29 is 19.7 Å². The second kappa shape index (κ2) is 12.4. The molecule has 12 heteroatoms. The molecule has 1 aliphatic rings. The molecule has 0 radical (unpaired) electrons. The Morgan fingerprint density at radius 1 is 1.36 bits per heavy atom. The molecule has 2 bridgehead atoms. The van der Waals surface area contributed by atoms with Gasteiger partial charge in [0.2, 0.25) is 5.88 Å². The van der Waals surface area contributed by atoms with Crippen LogP contribution in [0.3, 0.4) is 0 Å². The first kappa shape index (κ1) is 28.3. The maximum absolute atomic E-state index is 10.1. The molecule has 0 spiro atoms. The lowest BCUT2D eigenvalue weighted by Crippen LogP contribution is -2.38. The standard InChI is InChI=1S/C27H38N8O4/c1-6-35-13-17(4)39-27-24(23(15-36)33-34(27)5)18-10-20-21(31-32-26(20)30-12-18)9-8-19(25(28)38-7-2)22(14-35)29-11-16(3)37/h8-10,12,16-17,36-37H,6-7,11,13-15,28H2,1-5H3,(H,30,31,32)/b9-8+,25-19+,29-22?. The first-order valence-electron chi connectivity index (χ1n) is 13.2. The van der Waals surface area contributed by atoms with Gasteiger partial charge in [0.1, 0.15) is 6.10 Å². The van der Waals surface area contributed by atoms with Crippen LogP contribution in [0, 0.1) is 0 Å². The van der Waals surface area contributed by atoms with Crippen LogP contribution in [0.4, 0.5) is 0 Å². The molecule has 39 heavy (non-hydrogen) atoms. The predicted molar refractivity (Wildman–Crippen MR) is 150 cm³/mol. The molecule has 0 aromatic carbocycles. The van der Waals surface area contributed by atoms with Gasteiger partial charge < -0.3 is 25.4 Å². The normalized spacial score (nSPS) is 20.8. The highest BCUT2D eigenvalue weighted by molar-refractivity contribution is 6.05. The summed E-state index contributed by atoms with van der Waals surface area (Å²) in [5, 5.41) is 32.8. The largest absolute Gasteiger partial charge is 0.479 e. The molecule has 1 aliphatic heterocycles. The number of rotatable bonds is 6. The zero-order valence-electron chi connectivity index (χ0n) is 23.2. The van der Waals surface area contributed by atoms with Crippen LogP contribution in [0.25, 0.3) is 28.2 Å². The smallest absolute Gasteiger partial charge is 0.220 e. The van der Waals surface area contributed by atoms with Gasteiger partial charge in [0, 0.05) is 37.3 Å². The molecule has 0 saturated carbocycles. The lowest BCUT2D eigenvalue weighted by atomic mass is 10.1. The minimum absolute atomic E-state index is 0.221. The molecular formula is C27H38N8O4. The van der Waals surface area contributed by atoms with E-state index < -0.39 is 6.10 Å². The molecule has 3 aromatic heterocycles. The Morgan fingerprint density at radius 3 is 2.85 bits per heavy atom. The van der Waals surface area contributed by atoms with E-state index in [2.05, 4.69) is 32.1 Å². The van der Waals surface area contributed by atoms with Crippen molar-refractivity contribution in [1.82, 2.24) is 29.9 Å². The first-order valence-corrected chi connectivity index (χ1v) is 13.2. The number of aliphatic imine (C=N–C) groups is 1. The number of hydrogen-bond acceptors (Lipinski definition) is 10. The van der Waals surface area contributed by atoms with Gasteiger partial charge in [-0.3, -0.25) is 15.0 Å². The predicted octanol–water partition coefficient (Wildman–Crippen LogP) is 2.00. The van der Waals surface area contributed by atoms with E-state index in [0.29, 0.717) is 59.5 Å². The summed E-state index contributed by atoms with van der Waals surface area (Å²) in [6.45, 7) is 9.75. The van der Waals surface area contributed by atoms with Crippen LogP contribution in [0.2, 0.25) is 0 Å². The number of allylic oxidation sites excluding steroid dienone is 1. The molecule has 2 unspecified atom stereocenters. The van der Waals surface area contributed by atoms with E-state index in [-0.39, 0.29) is 25.1 Å². The molecule has 0 aliphatic carbocycles. The Balaban J connectivity index is 1.94. The average Bonchev–Trinajstić information content (AvgIpc) is 3.45. The van der Waals surface area contributed by atoms with E-state index in [0.717, 1.165) is 17.5 Å². The SMILES string of the molecule is CCO/C(N)=C1\C=C\c2[nH]nc3ncc(cc23)-c2c(CO)nn(C)c2OC(C)CN(CC)CC1=NCC(C)O. The Morgan fingerprint density at radius 2 is 2.15 bits per heavy atom. The zero-order chi connectivity index (χ0) is 28.1. The van der Waals surface area contributed by atoms with Gasteiger partial charge in [0.05, 0.1) is 54.1 Å². The molecule has 12 nitrogen and oxygen atoms in total. The molecule has 3 aromatic rings. The Bertz CT molecular complexity index is 1390. The summed E-state index contributed by atoms with van der Waals surface area (Å²) >= 11 is 0.